The molecule has 0 aromatic heterocycles. The smallest absolute Gasteiger partial charge is 0.248 e. The summed E-state index contributed by atoms with van der Waals surface area (Å²) in [7, 11) is 0. The van der Waals surface area contributed by atoms with Crippen LogP contribution in [-0.2, 0) is 4.79 Å². The number of amides is 1. The molecule has 138 valence electrons. The summed E-state index contributed by atoms with van der Waals surface area (Å²) in [6, 6.07) is 13.1. The van der Waals surface area contributed by atoms with Gasteiger partial charge in [-0.1, -0.05) is 35.3 Å². The van der Waals surface area contributed by atoms with Crippen molar-refractivity contribution in [3.8, 4) is 11.5 Å². The lowest BCUT2D eigenvalue weighted by molar-refractivity contribution is -0.111. The zero-order valence-corrected chi connectivity index (χ0v) is 16.7. The summed E-state index contributed by atoms with van der Waals surface area (Å²) in [6.07, 6.45) is 5.35. The van der Waals surface area contributed by atoms with Crippen molar-refractivity contribution in [3.05, 3.63) is 58.6 Å². The Balaban J connectivity index is 2.02. The Morgan fingerprint density at radius 2 is 1.85 bits per heavy atom. The maximum absolute atomic E-state index is 12.1. The Morgan fingerprint density at radius 3 is 2.54 bits per heavy atom. The number of anilines is 1. The number of nitrogens with one attached hydrogen (secondary N) is 1. The molecule has 26 heavy (non-hydrogen) atoms. The van der Waals surface area contributed by atoms with E-state index in [-0.39, 0.29) is 5.91 Å². The van der Waals surface area contributed by atoms with Crippen molar-refractivity contribution in [2.45, 2.75) is 26.7 Å². The molecule has 0 heterocycles. The van der Waals surface area contributed by atoms with Gasteiger partial charge in [-0.25, -0.2) is 0 Å². The predicted molar refractivity (Wildman–Crippen MR) is 110 cm³/mol. The van der Waals surface area contributed by atoms with Crippen LogP contribution in [0.15, 0.2) is 53.0 Å². The number of carbonyl (C=O) groups is 1. The Labute approximate surface area is 163 Å². The maximum Gasteiger partial charge on any atom is 0.248 e. The third-order valence-electron chi connectivity index (χ3n) is 3.56. The summed E-state index contributed by atoms with van der Waals surface area (Å²) in [6.45, 7) is 5.28. The van der Waals surface area contributed by atoms with E-state index in [1.807, 2.05) is 49.4 Å². The third kappa shape index (κ3) is 6.56. The Kier molecular flexibility index (Phi) is 8.22. The standard InChI is InChI=1S/C21H24BrNO3/c1-3-5-14-26-19-12-6-16(15-20(19)25-4-2)7-13-21(24)23-18-10-8-17(22)9-11-18/h6-13,15H,3-5,14H2,1-2H3,(H,23,24)/b13-7+. The molecule has 0 aliphatic rings. The minimum Gasteiger partial charge on any atom is -0.490 e. The van der Waals surface area contributed by atoms with Gasteiger partial charge < -0.3 is 14.8 Å². The van der Waals surface area contributed by atoms with Gasteiger partial charge in [0, 0.05) is 16.2 Å². The van der Waals surface area contributed by atoms with E-state index in [9.17, 15) is 4.79 Å². The summed E-state index contributed by atoms with van der Waals surface area (Å²) in [5.41, 5.74) is 1.62. The second-order valence-electron chi connectivity index (χ2n) is 5.67. The van der Waals surface area contributed by atoms with Crippen molar-refractivity contribution in [2.75, 3.05) is 18.5 Å². The summed E-state index contributed by atoms with van der Waals surface area (Å²) in [5, 5.41) is 2.82. The molecule has 4 nitrogen and oxygen atoms in total. The molecule has 2 rings (SSSR count). The second kappa shape index (κ2) is 10.7. The summed E-state index contributed by atoms with van der Waals surface area (Å²) >= 11 is 3.37. The Hall–Kier alpha value is -2.27. The quantitative estimate of drug-likeness (QED) is 0.421. The largest absolute Gasteiger partial charge is 0.490 e. The average Bonchev–Trinajstić information content (AvgIpc) is 2.64. The predicted octanol–water partition coefficient (Wildman–Crippen LogP) is 5.68. The molecule has 2 aromatic rings. The van der Waals surface area contributed by atoms with Crippen LogP contribution in [0.5, 0.6) is 11.5 Å². The molecule has 0 saturated heterocycles. The molecular weight excluding hydrogens is 394 g/mol. The van der Waals surface area contributed by atoms with Crippen LogP contribution < -0.4 is 14.8 Å². The maximum atomic E-state index is 12.1. The summed E-state index contributed by atoms with van der Waals surface area (Å²) in [4.78, 5) is 12.1. The van der Waals surface area contributed by atoms with E-state index in [1.165, 1.54) is 6.08 Å². The molecule has 0 spiro atoms. The lowest BCUT2D eigenvalue weighted by atomic mass is 10.2. The number of hydrogen-bond donors (Lipinski definition) is 1. The van der Waals surface area contributed by atoms with Gasteiger partial charge in [0.15, 0.2) is 11.5 Å². The van der Waals surface area contributed by atoms with E-state index < -0.39 is 0 Å². The molecule has 5 heteroatoms. The number of halogens is 1. The highest BCUT2D eigenvalue weighted by atomic mass is 79.9. The number of carbonyl (C=O) groups excluding carboxylic acids is 1. The Morgan fingerprint density at radius 1 is 1.08 bits per heavy atom. The molecule has 0 saturated carbocycles. The number of ether oxygens (including phenoxy) is 2. The number of unbranched alkanes of at least 4 members (excludes halogenated alkanes) is 1. The molecule has 0 unspecified atom stereocenters. The van der Waals surface area contributed by atoms with Gasteiger partial charge in [0.1, 0.15) is 0 Å². The highest BCUT2D eigenvalue weighted by Gasteiger charge is 2.06. The zero-order valence-electron chi connectivity index (χ0n) is 15.1. The fraction of sp³-hybridized carbons (Fsp3) is 0.286. The molecular formula is C21H24BrNO3. The van der Waals surface area contributed by atoms with Crippen LogP contribution in [0.2, 0.25) is 0 Å². The topological polar surface area (TPSA) is 47.6 Å². The molecule has 0 bridgehead atoms. The van der Waals surface area contributed by atoms with E-state index in [4.69, 9.17) is 9.47 Å². The minimum atomic E-state index is -0.187. The number of benzene rings is 2. The van der Waals surface area contributed by atoms with Gasteiger partial charge >= 0.3 is 0 Å². The van der Waals surface area contributed by atoms with Crippen LogP contribution in [-0.4, -0.2) is 19.1 Å². The van der Waals surface area contributed by atoms with Gasteiger partial charge in [-0.3, -0.25) is 4.79 Å². The number of hydrogen-bond acceptors (Lipinski definition) is 3. The summed E-state index contributed by atoms with van der Waals surface area (Å²) in [5.74, 6) is 1.24. The average molecular weight is 418 g/mol. The van der Waals surface area contributed by atoms with Crippen molar-refractivity contribution in [1.82, 2.24) is 0 Å². The van der Waals surface area contributed by atoms with E-state index in [2.05, 4.69) is 28.2 Å². The third-order valence-corrected chi connectivity index (χ3v) is 4.09. The molecule has 0 fully saturated rings. The SMILES string of the molecule is CCCCOc1ccc(/C=C/C(=O)Nc2ccc(Br)cc2)cc1OCC. The normalized spacial score (nSPS) is 10.7. The van der Waals surface area contributed by atoms with Gasteiger partial charge in [0.05, 0.1) is 13.2 Å². The fourth-order valence-corrected chi connectivity index (χ4v) is 2.50. The molecule has 0 radical (unpaired) electrons. The van der Waals surface area contributed by atoms with E-state index in [1.54, 1.807) is 6.08 Å². The molecule has 0 aliphatic carbocycles. The van der Waals surface area contributed by atoms with Crippen LogP contribution in [0.3, 0.4) is 0 Å². The molecule has 0 atom stereocenters. The molecule has 2 aromatic carbocycles. The Bertz CT molecular complexity index is 741. The second-order valence-corrected chi connectivity index (χ2v) is 6.59. The van der Waals surface area contributed by atoms with Gasteiger partial charge in [-0.05, 0) is 61.4 Å². The van der Waals surface area contributed by atoms with Crippen molar-refractivity contribution < 1.29 is 14.3 Å². The van der Waals surface area contributed by atoms with Crippen LogP contribution in [0, 0.1) is 0 Å². The van der Waals surface area contributed by atoms with Crippen molar-refractivity contribution in [2.24, 2.45) is 0 Å². The van der Waals surface area contributed by atoms with Crippen molar-refractivity contribution in [1.29, 1.82) is 0 Å². The van der Waals surface area contributed by atoms with Crippen molar-refractivity contribution in [3.63, 3.8) is 0 Å². The lowest BCUT2D eigenvalue weighted by Crippen LogP contribution is -2.07. The lowest BCUT2D eigenvalue weighted by Gasteiger charge is -2.12. The molecule has 1 N–H and O–H groups in total. The monoisotopic (exact) mass is 417 g/mol. The first-order valence-corrected chi connectivity index (χ1v) is 9.56. The van der Waals surface area contributed by atoms with Gasteiger partial charge in [0.2, 0.25) is 5.91 Å². The fourth-order valence-electron chi connectivity index (χ4n) is 2.23. The first kappa shape index (κ1) is 20.0. The van der Waals surface area contributed by atoms with Gasteiger partial charge in [-0.15, -0.1) is 0 Å². The first-order valence-electron chi connectivity index (χ1n) is 8.76. The molecule has 1 amide bonds. The number of rotatable bonds is 9. The highest BCUT2D eigenvalue weighted by molar-refractivity contribution is 9.10. The minimum absolute atomic E-state index is 0.187. The zero-order chi connectivity index (χ0) is 18.8. The van der Waals surface area contributed by atoms with E-state index >= 15 is 0 Å². The summed E-state index contributed by atoms with van der Waals surface area (Å²) < 4.78 is 12.4. The van der Waals surface area contributed by atoms with Crippen LogP contribution in [0.25, 0.3) is 6.08 Å². The van der Waals surface area contributed by atoms with Gasteiger partial charge in [-0.2, -0.15) is 0 Å². The van der Waals surface area contributed by atoms with Gasteiger partial charge in [0.25, 0.3) is 0 Å². The first-order chi connectivity index (χ1) is 12.6. The molecule has 0 aliphatic heterocycles. The van der Waals surface area contributed by atoms with E-state index in [0.29, 0.717) is 19.0 Å². The van der Waals surface area contributed by atoms with Crippen molar-refractivity contribution >= 4 is 33.6 Å². The van der Waals surface area contributed by atoms with Crippen LogP contribution in [0.4, 0.5) is 5.69 Å². The van der Waals surface area contributed by atoms with E-state index in [0.717, 1.165) is 34.3 Å². The van der Waals surface area contributed by atoms with Crippen LogP contribution >= 0.6 is 15.9 Å². The highest BCUT2D eigenvalue weighted by Crippen LogP contribution is 2.29. The van der Waals surface area contributed by atoms with Crippen LogP contribution in [0.1, 0.15) is 32.3 Å².